The van der Waals surface area contributed by atoms with Crippen molar-refractivity contribution in [2.45, 2.75) is 4.90 Å². The number of nitrogens with zero attached hydrogens (tertiary/aromatic N) is 3. The number of para-hydroxylation sites is 1. The number of carbonyl (C=O) groups excluding carboxylic acids is 1. The van der Waals surface area contributed by atoms with Crippen LogP contribution in [0.1, 0.15) is 10.5 Å². The van der Waals surface area contributed by atoms with Gasteiger partial charge in [0.15, 0.2) is 0 Å². The van der Waals surface area contributed by atoms with Gasteiger partial charge in [-0.2, -0.15) is 5.10 Å². The van der Waals surface area contributed by atoms with Crippen LogP contribution in [0.15, 0.2) is 84.0 Å². The van der Waals surface area contributed by atoms with Gasteiger partial charge in [-0.05, 0) is 36.4 Å². The van der Waals surface area contributed by atoms with Crippen LogP contribution in [0.4, 0.5) is 17.1 Å². The van der Waals surface area contributed by atoms with Crippen molar-refractivity contribution in [2.75, 3.05) is 5.32 Å². The molecule has 2 aromatic carbocycles. The van der Waals surface area contributed by atoms with Crippen LogP contribution in [0, 0.1) is 10.1 Å². The lowest BCUT2D eigenvalue weighted by Crippen LogP contribution is -2.15. The lowest BCUT2D eigenvalue weighted by molar-refractivity contribution is -0.384. The maximum atomic E-state index is 12.7. The molecule has 0 radical (unpaired) electrons. The average Bonchev–Trinajstić information content (AvgIpc) is 3.29. The number of rotatable bonds is 6. The zero-order valence-corrected chi connectivity index (χ0v) is 17.1. The second-order valence-corrected chi connectivity index (χ2v) is 8.47. The van der Waals surface area contributed by atoms with E-state index in [4.69, 9.17) is 0 Å². The molecule has 0 aliphatic carbocycles. The third kappa shape index (κ3) is 4.09. The van der Waals surface area contributed by atoms with E-state index in [0.29, 0.717) is 16.9 Å². The quantitative estimate of drug-likeness (QED) is 0.334. The molecule has 0 amide bonds. The Morgan fingerprint density at radius 2 is 1.75 bits per heavy atom. The van der Waals surface area contributed by atoms with Crippen molar-refractivity contribution < 1.29 is 18.1 Å². The third-order valence-electron chi connectivity index (χ3n) is 4.55. The van der Waals surface area contributed by atoms with E-state index < -0.39 is 19.9 Å². The summed E-state index contributed by atoms with van der Waals surface area (Å²) < 4.78 is 25.4. The van der Waals surface area contributed by atoms with E-state index in [-0.39, 0.29) is 16.3 Å². The van der Waals surface area contributed by atoms with Gasteiger partial charge in [0.1, 0.15) is 5.69 Å². The molecular weight excluding hydrogens is 434 g/mol. The van der Waals surface area contributed by atoms with Crippen LogP contribution in [0.25, 0.3) is 11.3 Å². The average molecular weight is 449 g/mol. The van der Waals surface area contributed by atoms with Crippen LogP contribution in [-0.2, 0) is 9.84 Å². The topological polar surface area (TPSA) is 148 Å². The molecule has 2 heterocycles. The number of nitrogens with one attached hydrogen (secondary N) is 2. The van der Waals surface area contributed by atoms with Crippen molar-refractivity contribution in [1.29, 1.82) is 0 Å². The van der Waals surface area contributed by atoms with Gasteiger partial charge in [0.05, 0.1) is 27.4 Å². The molecule has 0 saturated carbocycles. The molecule has 0 fully saturated rings. The van der Waals surface area contributed by atoms with Crippen molar-refractivity contribution in [1.82, 2.24) is 15.2 Å². The lowest BCUT2D eigenvalue weighted by atomic mass is 10.1. The SMILES string of the molecule is O=C(c1cc(-c2ccncc2Nc2ccccc2)n[nH]1)S(=O)(=O)c1ccc([N+](=O)[O-])cc1. The number of non-ortho nitro benzene ring substituents is 1. The first-order chi connectivity index (χ1) is 15.4. The minimum atomic E-state index is -4.42. The van der Waals surface area contributed by atoms with Gasteiger partial charge in [0, 0.05) is 29.6 Å². The molecule has 0 atom stereocenters. The number of anilines is 2. The van der Waals surface area contributed by atoms with E-state index >= 15 is 0 Å². The molecule has 4 aromatic rings. The van der Waals surface area contributed by atoms with Crippen LogP contribution in [0.2, 0.25) is 0 Å². The molecule has 0 aliphatic heterocycles. The summed E-state index contributed by atoms with van der Waals surface area (Å²) >= 11 is 0. The number of hydrogen-bond acceptors (Lipinski definition) is 8. The number of aromatic nitrogens is 3. The predicted octanol–water partition coefficient (Wildman–Crippen LogP) is 3.74. The first kappa shape index (κ1) is 20.9. The number of pyridine rings is 1. The molecule has 11 heteroatoms. The van der Waals surface area contributed by atoms with Gasteiger partial charge in [-0.15, -0.1) is 0 Å². The summed E-state index contributed by atoms with van der Waals surface area (Å²) in [7, 11) is -4.42. The number of aromatic amines is 1. The number of nitro groups is 1. The predicted molar refractivity (Wildman–Crippen MR) is 116 cm³/mol. The molecule has 0 bridgehead atoms. The summed E-state index contributed by atoms with van der Waals surface area (Å²) in [6.45, 7) is 0. The Morgan fingerprint density at radius 3 is 2.44 bits per heavy atom. The first-order valence-electron chi connectivity index (χ1n) is 9.22. The van der Waals surface area contributed by atoms with Gasteiger partial charge in [0.25, 0.3) is 10.8 Å². The van der Waals surface area contributed by atoms with Gasteiger partial charge < -0.3 is 5.32 Å². The molecule has 0 spiro atoms. The summed E-state index contributed by atoms with van der Waals surface area (Å²) in [6.07, 6.45) is 3.14. The summed E-state index contributed by atoms with van der Waals surface area (Å²) in [5.74, 6) is 0. The maximum Gasteiger partial charge on any atom is 0.299 e. The fourth-order valence-electron chi connectivity index (χ4n) is 2.96. The Balaban J connectivity index is 1.63. The molecule has 4 rings (SSSR count). The fraction of sp³-hybridized carbons (Fsp3) is 0. The molecular formula is C21H15N5O5S. The van der Waals surface area contributed by atoms with Gasteiger partial charge in [-0.25, -0.2) is 8.42 Å². The number of hydrogen-bond donors (Lipinski definition) is 2. The normalized spacial score (nSPS) is 11.1. The largest absolute Gasteiger partial charge is 0.354 e. The van der Waals surface area contributed by atoms with Crippen molar-refractivity contribution >= 4 is 32.0 Å². The minimum absolute atomic E-state index is 0.235. The monoisotopic (exact) mass is 449 g/mol. The zero-order valence-electron chi connectivity index (χ0n) is 16.3. The smallest absolute Gasteiger partial charge is 0.299 e. The second-order valence-electron chi connectivity index (χ2n) is 6.62. The summed E-state index contributed by atoms with van der Waals surface area (Å²) in [4.78, 5) is 26.5. The number of H-pyrrole nitrogens is 1. The standard InChI is InChI=1S/C21H15N5O5S/c27-21(32(30,31)16-8-6-15(7-9-16)26(28)29)19-12-18(24-25-19)17-10-11-22-13-20(17)23-14-4-2-1-3-5-14/h1-13,23H,(H,24,25). The molecule has 2 N–H and O–H groups in total. The Kier molecular flexibility index (Phi) is 5.48. The number of benzene rings is 2. The molecule has 10 nitrogen and oxygen atoms in total. The van der Waals surface area contributed by atoms with Crippen LogP contribution in [-0.4, -0.2) is 33.6 Å². The van der Waals surface area contributed by atoms with Crippen LogP contribution < -0.4 is 5.32 Å². The molecule has 0 saturated heterocycles. The summed E-state index contributed by atoms with van der Waals surface area (Å²) in [5, 5.41) is 19.3. The highest BCUT2D eigenvalue weighted by Gasteiger charge is 2.29. The summed E-state index contributed by atoms with van der Waals surface area (Å²) in [5.41, 5.74) is 1.86. The van der Waals surface area contributed by atoms with Gasteiger partial charge in [0.2, 0.25) is 9.84 Å². The van der Waals surface area contributed by atoms with E-state index in [0.717, 1.165) is 30.0 Å². The third-order valence-corrected chi connectivity index (χ3v) is 6.15. The Hall–Kier alpha value is -4.38. The Bertz CT molecular complexity index is 1400. The number of sulfone groups is 1. The summed E-state index contributed by atoms with van der Waals surface area (Å²) in [6, 6.07) is 16.5. The molecule has 32 heavy (non-hydrogen) atoms. The van der Waals surface area contributed by atoms with Gasteiger partial charge in [-0.3, -0.25) is 25.0 Å². The van der Waals surface area contributed by atoms with E-state index in [1.807, 2.05) is 30.3 Å². The molecule has 0 aliphatic rings. The highest BCUT2D eigenvalue weighted by atomic mass is 32.2. The Morgan fingerprint density at radius 1 is 1.03 bits per heavy atom. The van der Waals surface area contributed by atoms with Crippen molar-refractivity contribution in [3.63, 3.8) is 0 Å². The van der Waals surface area contributed by atoms with Gasteiger partial charge in [-0.1, -0.05) is 18.2 Å². The molecule has 0 unspecified atom stereocenters. The minimum Gasteiger partial charge on any atom is -0.354 e. The lowest BCUT2D eigenvalue weighted by Gasteiger charge is -2.09. The fourth-order valence-corrected chi connectivity index (χ4v) is 4.06. The number of carbonyl (C=O) groups is 1. The van der Waals surface area contributed by atoms with Crippen LogP contribution in [0.3, 0.4) is 0 Å². The second kappa shape index (κ2) is 8.40. The first-order valence-corrected chi connectivity index (χ1v) is 10.7. The van der Waals surface area contributed by atoms with Crippen molar-refractivity contribution in [3.8, 4) is 11.3 Å². The molecule has 2 aromatic heterocycles. The van der Waals surface area contributed by atoms with E-state index in [2.05, 4.69) is 20.5 Å². The van der Waals surface area contributed by atoms with Crippen LogP contribution >= 0.6 is 0 Å². The maximum absolute atomic E-state index is 12.7. The van der Waals surface area contributed by atoms with Crippen LogP contribution in [0.5, 0.6) is 0 Å². The highest BCUT2D eigenvalue weighted by molar-refractivity contribution is 8.06. The highest BCUT2D eigenvalue weighted by Crippen LogP contribution is 2.29. The number of nitro benzene ring substituents is 1. The van der Waals surface area contributed by atoms with E-state index in [9.17, 15) is 23.3 Å². The van der Waals surface area contributed by atoms with E-state index in [1.165, 1.54) is 6.07 Å². The Labute approximate surface area is 182 Å². The molecule has 160 valence electrons. The van der Waals surface area contributed by atoms with Crippen molar-refractivity contribution in [2.24, 2.45) is 0 Å². The van der Waals surface area contributed by atoms with Gasteiger partial charge >= 0.3 is 0 Å². The van der Waals surface area contributed by atoms with E-state index in [1.54, 1.807) is 18.5 Å². The zero-order chi connectivity index (χ0) is 22.7. The van der Waals surface area contributed by atoms with Crippen molar-refractivity contribution in [3.05, 3.63) is 94.9 Å².